The second-order valence-corrected chi connectivity index (χ2v) is 3.25. The summed E-state index contributed by atoms with van der Waals surface area (Å²) in [6, 6.07) is 13.2. The molecule has 2 aromatic carbocycles. The first-order chi connectivity index (χ1) is 8.75. The van der Waals surface area contributed by atoms with Crippen LogP contribution in [0.25, 0.3) is 0 Å². The first kappa shape index (κ1) is 15.3. The molecule has 0 spiro atoms. The SMILES string of the molecule is Fc1ccc(F)c(OCc2[c-]cccc2)c1.[Zn+][Br]. The fraction of sp³-hybridized carbons (Fsp3) is 0.0769. The molecule has 0 amide bonds. The maximum atomic E-state index is 13.2. The molecule has 0 heterocycles. The molecular formula is C13H9BrF2OZn. The summed E-state index contributed by atoms with van der Waals surface area (Å²) in [6.45, 7) is 0.168. The molecule has 2 rings (SSSR count). The van der Waals surface area contributed by atoms with E-state index in [0.717, 1.165) is 23.8 Å². The third kappa shape index (κ3) is 4.83. The fourth-order valence-electron chi connectivity index (χ4n) is 1.26. The summed E-state index contributed by atoms with van der Waals surface area (Å²) in [5.74, 6) is -1.18. The Hall–Kier alpha value is -0.797. The molecule has 0 aromatic heterocycles. The van der Waals surface area contributed by atoms with Crippen LogP contribution in [0.5, 0.6) is 5.75 Å². The van der Waals surface area contributed by atoms with Gasteiger partial charge in [0.1, 0.15) is 5.82 Å². The zero-order chi connectivity index (χ0) is 13.4. The summed E-state index contributed by atoms with van der Waals surface area (Å²) in [5.41, 5.74) is 0.783. The molecule has 0 N–H and O–H groups in total. The average molecular weight is 365 g/mol. The van der Waals surface area contributed by atoms with Crippen molar-refractivity contribution in [1.29, 1.82) is 0 Å². The third-order valence-corrected chi connectivity index (χ3v) is 2.05. The predicted molar refractivity (Wildman–Crippen MR) is 64.9 cm³/mol. The van der Waals surface area contributed by atoms with Crippen molar-refractivity contribution in [2.75, 3.05) is 0 Å². The monoisotopic (exact) mass is 362 g/mol. The van der Waals surface area contributed by atoms with Crippen molar-refractivity contribution in [3.05, 3.63) is 65.7 Å². The zero-order valence-corrected chi connectivity index (χ0v) is 14.1. The summed E-state index contributed by atoms with van der Waals surface area (Å²) in [4.78, 5) is 0. The van der Waals surface area contributed by atoms with Gasteiger partial charge in [0.05, 0.1) is 6.61 Å². The van der Waals surface area contributed by atoms with Gasteiger partial charge in [-0.1, -0.05) is 0 Å². The number of hydrogen-bond acceptors (Lipinski definition) is 1. The van der Waals surface area contributed by atoms with Gasteiger partial charge in [0.2, 0.25) is 0 Å². The van der Waals surface area contributed by atoms with Crippen LogP contribution in [0.4, 0.5) is 8.78 Å². The first-order valence-corrected chi connectivity index (χ1v) is 12.0. The molecule has 0 saturated carbocycles. The van der Waals surface area contributed by atoms with Crippen molar-refractivity contribution in [2.24, 2.45) is 0 Å². The molecular weight excluding hydrogens is 355 g/mol. The summed E-state index contributed by atoms with van der Waals surface area (Å²) >= 11 is 4.25. The van der Waals surface area contributed by atoms with Gasteiger partial charge in [0.15, 0.2) is 11.6 Å². The Bertz CT molecular complexity index is 480. The molecule has 0 unspecified atom stereocenters. The molecule has 0 aliphatic carbocycles. The van der Waals surface area contributed by atoms with Crippen LogP contribution in [0, 0.1) is 17.7 Å². The number of ether oxygens (including phenoxy) is 1. The Kier molecular flexibility index (Phi) is 7.06. The Morgan fingerprint density at radius 3 is 2.61 bits per heavy atom. The third-order valence-electron chi connectivity index (χ3n) is 2.05. The van der Waals surface area contributed by atoms with Crippen molar-refractivity contribution < 1.29 is 29.9 Å². The van der Waals surface area contributed by atoms with Crippen LogP contribution in [0.2, 0.25) is 0 Å². The molecule has 0 bridgehead atoms. The van der Waals surface area contributed by atoms with Crippen molar-refractivity contribution in [1.82, 2.24) is 0 Å². The summed E-state index contributed by atoms with van der Waals surface area (Å²) in [5, 5.41) is 0. The van der Waals surface area contributed by atoms with E-state index in [1.165, 1.54) is 16.3 Å². The maximum absolute atomic E-state index is 13.2. The fourth-order valence-corrected chi connectivity index (χ4v) is 1.26. The van der Waals surface area contributed by atoms with E-state index in [1.807, 2.05) is 12.1 Å². The van der Waals surface area contributed by atoms with Crippen LogP contribution in [0.15, 0.2) is 42.5 Å². The number of rotatable bonds is 3. The van der Waals surface area contributed by atoms with Crippen LogP contribution in [-0.2, 0) is 22.9 Å². The molecule has 18 heavy (non-hydrogen) atoms. The van der Waals surface area contributed by atoms with Gasteiger partial charge in [-0.25, -0.2) is 8.78 Å². The van der Waals surface area contributed by atoms with Crippen molar-refractivity contribution >= 4 is 13.6 Å². The van der Waals surface area contributed by atoms with Gasteiger partial charge in [-0.15, -0.1) is 5.56 Å². The van der Waals surface area contributed by atoms with Gasteiger partial charge in [-0.2, -0.15) is 30.3 Å². The molecule has 0 saturated heterocycles. The van der Waals surface area contributed by atoms with E-state index in [4.69, 9.17) is 4.74 Å². The van der Waals surface area contributed by atoms with Gasteiger partial charge in [0, 0.05) is 6.07 Å². The number of halogens is 3. The van der Waals surface area contributed by atoms with Gasteiger partial charge >= 0.3 is 30.0 Å². The van der Waals surface area contributed by atoms with E-state index in [1.54, 1.807) is 12.1 Å². The summed E-state index contributed by atoms with van der Waals surface area (Å²) < 4.78 is 31.1. The average Bonchev–Trinajstić information content (AvgIpc) is 2.43. The minimum absolute atomic E-state index is 0.0859. The molecule has 0 fully saturated rings. The number of hydrogen-bond donors (Lipinski definition) is 0. The van der Waals surface area contributed by atoms with E-state index in [0.29, 0.717) is 0 Å². The van der Waals surface area contributed by atoms with Crippen LogP contribution in [-0.4, -0.2) is 0 Å². The van der Waals surface area contributed by atoms with E-state index < -0.39 is 11.6 Å². The van der Waals surface area contributed by atoms with Gasteiger partial charge in [-0.05, 0) is 12.1 Å². The van der Waals surface area contributed by atoms with Crippen molar-refractivity contribution in [3.63, 3.8) is 0 Å². The van der Waals surface area contributed by atoms with Crippen LogP contribution < -0.4 is 4.74 Å². The minimum atomic E-state index is -0.572. The quantitative estimate of drug-likeness (QED) is 0.586. The van der Waals surface area contributed by atoms with E-state index in [9.17, 15) is 8.78 Å². The zero-order valence-electron chi connectivity index (χ0n) is 9.50. The molecule has 0 aliphatic rings. The molecule has 0 atom stereocenters. The van der Waals surface area contributed by atoms with Gasteiger partial charge < -0.3 is 4.74 Å². The van der Waals surface area contributed by atoms with Crippen molar-refractivity contribution in [3.8, 4) is 5.75 Å². The Morgan fingerprint density at radius 1 is 1.17 bits per heavy atom. The second kappa shape index (κ2) is 8.33. The molecule has 2 aromatic rings. The Labute approximate surface area is 121 Å². The molecule has 0 aliphatic heterocycles. The number of benzene rings is 2. The van der Waals surface area contributed by atoms with Crippen LogP contribution in [0.3, 0.4) is 0 Å². The van der Waals surface area contributed by atoms with Crippen LogP contribution >= 0.6 is 13.6 Å². The van der Waals surface area contributed by atoms with E-state index in [2.05, 4.69) is 19.7 Å². The Morgan fingerprint density at radius 2 is 1.94 bits per heavy atom. The first-order valence-electron chi connectivity index (χ1n) is 5.06. The van der Waals surface area contributed by atoms with Crippen LogP contribution in [0.1, 0.15) is 5.56 Å². The van der Waals surface area contributed by atoms with E-state index in [-0.39, 0.29) is 12.4 Å². The van der Waals surface area contributed by atoms with Crippen molar-refractivity contribution in [2.45, 2.75) is 6.61 Å². The molecule has 5 heteroatoms. The summed E-state index contributed by atoms with van der Waals surface area (Å²) in [7, 11) is 0. The summed E-state index contributed by atoms with van der Waals surface area (Å²) in [6.07, 6.45) is 0. The van der Waals surface area contributed by atoms with Gasteiger partial charge in [-0.3, -0.25) is 0 Å². The second-order valence-electron chi connectivity index (χ2n) is 3.25. The topological polar surface area (TPSA) is 9.23 Å². The van der Waals surface area contributed by atoms with E-state index >= 15 is 0 Å². The molecule has 1 nitrogen and oxygen atoms in total. The molecule has 0 radical (unpaired) electrons. The molecule has 90 valence electrons. The van der Waals surface area contributed by atoms with Gasteiger partial charge in [0.25, 0.3) is 0 Å². The predicted octanol–water partition coefficient (Wildman–Crippen LogP) is 4.19. The standard InChI is InChI=1S/C13H9F2O.BrH.Zn/c14-11-6-7-12(15)13(8-11)16-9-10-4-2-1-3-5-10;;/h1-4,6-8H,9H2;1H;/q-1;;+2/p-1. The Balaban J connectivity index is 0.000000771. The normalized spacial score (nSPS) is 9.39.